The Bertz CT molecular complexity index is 1180. The molecule has 0 saturated heterocycles. The van der Waals surface area contributed by atoms with Crippen molar-refractivity contribution < 1.29 is 18.7 Å². The summed E-state index contributed by atoms with van der Waals surface area (Å²) in [6.45, 7) is 2.75. The van der Waals surface area contributed by atoms with E-state index in [0.717, 1.165) is 28.1 Å². The van der Waals surface area contributed by atoms with Crippen LogP contribution in [-0.2, 0) is 21.7 Å². The predicted molar refractivity (Wildman–Crippen MR) is 126 cm³/mol. The van der Waals surface area contributed by atoms with Gasteiger partial charge in [-0.3, -0.25) is 4.79 Å². The topological polar surface area (TPSA) is 38.8 Å². The number of para-hydroxylation sites is 2. The van der Waals surface area contributed by atoms with Crippen molar-refractivity contribution in [3.05, 3.63) is 107 Å². The van der Waals surface area contributed by atoms with E-state index < -0.39 is 5.60 Å². The molecular weight excluding hydrogens is 417 g/mol. The van der Waals surface area contributed by atoms with Crippen LogP contribution in [0.3, 0.4) is 0 Å². The fraction of sp³-hybridized carbons (Fsp3) is 0.250. The van der Waals surface area contributed by atoms with Gasteiger partial charge in [0, 0.05) is 12.0 Å². The van der Waals surface area contributed by atoms with Crippen molar-refractivity contribution in [1.29, 1.82) is 0 Å². The summed E-state index contributed by atoms with van der Waals surface area (Å²) < 4.78 is 26.0. The minimum Gasteiger partial charge on any atom is -0.491 e. The molecule has 33 heavy (non-hydrogen) atoms. The number of rotatable bonds is 5. The van der Waals surface area contributed by atoms with Gasteiger partial charge < -0.3 is 14.4 Å². The van der Waals surface area contributed by atoms with Crippen LogP contribution < -0.4 is 9.64 Å². The molecule has 2 aliphatic heterocycles. The van der Waals surface area contributed by atoms with Gasteiger partial charge >= 0.3 is 0 Å². The summed E-state index contributed by atoms with van der Waals surface area (Å²) in [6, 6.07) is 23.7. The molecule has 3 aromatic carbocycles. The van der Waals surface area contributed by atoms with Crippen LogP contribution in [0.15, 0.2) is 90.5 Å². The molecule has 3 aromatic rings. The van der Waals surface area contributed by atoms with Gasteiger partial charge in [-0.15, -0.1) is 0 Å². The molecule has 0 unspecified atom stereocenters. The van der Waals surface area contributed by atoms with Gasteiger partial charge in [0.1, 0.15) is 18.2 Å². The first-order chi connectivity index (χ1) is 16.0. The fourth-order valence-corrected chi connectivity index (χ4v) is 4.69. The minimum atomic E-state index is -1.10. The van der Waals surface area contributed by atoms with E-state index >= 15 is 0 Å². The van der Waals surface area contributed by atoms with Gasteiger partial charge in [-0.2, -0.15) is 0 Å². The third-order valence-corrected chi connectivity index (χ3v) is 6.28. The smallest absolute Gasteiger partial charge is 0.264 e. The van der Waals surface area contributed by atoms with Gasteiger partial charge in [-0.1, -0.05) is 60.2 Å². The SMILES string of the molecule is CC1=CC[C@@H](COc2ccccc2)O[C@@]2(C1)C(=O)N(Cc1ccc(F)cc1)c1ccccc12. The summed E-state index contributed by atoms with van der Waals surface area (Å²) in [6.07, 6.45) is 3.04. The first kappa shape index (κ1) is 21.4. The molecule has 1 amide bonds. The fourth-order valence-electron chi connectivity index (χ4n) is 4.69. The second-order valence-electron chi connectivity index (χ2n) is 8.69. The van der Waals surface area contributed by atoms with Crippen LogP contribution in [0, 0.1) is 5.82 Å². The molecule has 0 aromatic heterocycles. The second kappa shape index (κ2) is 8.83. The van der Waals surface area contributed by atoms with Gasteiger partial charge in [0.15, 0.2) is 5.60 Å². The molecule has 2 atom stereocenters. The molecule has 168 valence electrons. The van der Waals surface area contributed by atoms with Crippen molar-refractivity contribution in [2.75, 3.05) is 11.5 Å². The lowest BCUT2D eigenvalue weighted by atomic mass is 9.88. The summed E-state index contributed by atoms with van der Waals surface area (Å²) in [5.74, 6) is 0.390. The summed E-state index contributed by atoms with van der Waals surface area (Å²) in [7, 11) is 0. The third-order valence-electron chi connectivity index (χ3n) is 6.28. The molecule has 4 nitrogen and oxygen atoms in total. The summed E-state index contributed by atoms with van der Waals surface area (Å²) in [5.41, 5.74) is 2.59. The quantitative estimate of drug-likeness (QED) is 0.470. The number of nitrogens with zero attached hydrogens (tertiary/aromatic N) is 1. The molecular formula is C28H26FNO3. The number of anilines is 1. The third kappa shape index (κ3) is 4.16. The van der Waals surface area contributed by atoms with E-state index in [-0.39, 0.29) is 17.8 Å². The molecule has 0 radical (unpaired) electrons. The van der Waals surface area contributed by atoms with Crippen LogP contribution in [0.4, 0.5) is 10.1 Å². The summed E-state index contributed by atoms with van der Waals surface area (Å²) in [4.78, 5) is 15.7. The van der Waals surface area contributed by atoms with Crippen molar-refractivity contribution in [3.8, 4) is 5.75 Å². The Balaban J connectivity index is 1.46. The molecule has 0 saturated carbocycles. The van der Waals surface area contributed by atoms with E-state index in [4.69, 9.17) is 9.47 Å². The van der Waals surface area contributed by atoms with E-state index in [9.17, 15) is 9.18 Å². The minimum absolute atomic E-state index is 0.0904. The zero-order valence-corrected chi connectivity index (χ0v) is 18.5. The maximum atomic E-state index is 14.0. The largest absolute Gasteiger partial charge is 0.491 e. The highest BCUT2D eigenvalue weighted by Gasteiger charge is 2.53. The lowest BCUT2D eigenvalue weighted by molar-refractivity contribution is -0.154. The van der Waals surface area contributed by atoms with Gasteiger partial charge in [0.2, 0.25) is 0 Å². The normalized spacial score (nSPS) is 22.1. The number of hydrogen-bond acceptors (Lipinski definition) is 3. The average molecular weight is 444 g/mol. The number of carbonyl (C=O) groups excluding carboxylic acids is 1. The molecule has 0 N–H and O–H groups in total. The van der Waals surface area contributed by atoms with E-state index in [0.29, 0.717) is 26.0 Å². The molecule has 2 aliphatic rings. The molecule has 0 fully saturated rings. The van der Waals surface area contributed by atoms with Gasteiger partial charge in [-0.05, 0) is 49.2 Å². The van der Waals surface area contributed by atoms with Crippen LogP contribution in [0.1, 0.15) is 30.9 Å². The van der Waals surface area contributed by atoms with E-state index in [1.165, 1.54) is 12.1 Å². The number of fused-ring (bicyclic) bond motifs is 2. The van der Waals surface area contributed by atoms with E-state index in [1.54, 1.807) is 17.0 Å². The van der Waals surface area contributed by atoms with Crippen molar-refractivity contribution in [2.24, 2.45) is 0 Å². The highest BCUT2D eigenvalue weighted by atomic mass is 19.1. The van der Waals surface area contributed by atoms with Gasteiger partial charge in [0.25, 0.3) is 5.91 Å². The first-order valence-electron chi connectivity index (χ1n) is 11.2. The molecule has 2 heterocycles. The Morgan fingerprint density at radius 3 is 2.55 bits per heavy atom. The summed E-state index contributed by atoms with van der Waals surface area (Å²) in [5, 5.41) is 0. The Morgan fingerprint density at radius 1 is 1.03 bits per heavy atom. The number of hydrogen-bond donors (Lipinski definition) is 0. The predicted octanol–water partition coefficient (Wildman–Crippen LogP) is 5.77. The lowest BCUT2D eigenvalue weighted by Gasteiger charge is -2.31. The molecule has 0 aliphatic carbocycles. The number of amides is 1. The highest BCUT2D eigenvalue weighted by molar-refractivity contribution is 6.07. The Morgan fingerprint density at radius 2 is 1.76 bits per heavy atom. The van der Waals surface area contributed by atoms with E-state index in [1.807, 2.05) is 61.5 Å². The van der Waals surface area contributed by atoms with Crippen molar-refractivity contribution >= 4 is 11.6 Å². The van der Waals surface area contributed by atoms with Gasteiger partial charge in [0.05, 0.1) is 18.3 Å². The standard InChI is InChI=1S/C28H26FNO3/c1-20-11-16-24(19-32-23-7-3-2-4-8-23)33-28(17-20)25-9-5-6-10-26(25)30(27(28)31)18-21-12-14-22(29)15-13-21/h2-15,24H,16-19H2,1H3/t24-,28+/m0/s1. The molecule has 5 heteroatoms. The zero-order valence-electron chi connectivity index (χ0n) is 18.5. The van der Waals surface area contributed by atoms with Crippen LogP contribution in [0.2, 0.25) is 0 Å². The molecule has 5 rings (SSSR count). The highest BCUT2D eigenvalue weighted by Crippen LogP contribution is 2.48. The Kier molecular flexibility index (Phi) is 5.73. The zero-order chi connectivity index (χ0) is 22.8. The number of ether oxygens (including phenoxy) is 2. The van der Waals surface area contributed by atoms with Crippen LogP contribution >= 0.6 is 0 Å². The maximum absolute atomic E-state index is 14.0. The van der Waals surface area contributed by atoms with E-state index in [2.05, 4.69) is 6.08 Å². The number of benzene rings is 3. The lowest BCUT2D eigenvalue weighted by Crippen LogP contribution is -2.45. The van der Waals surface area contributed by atoms with Crippen molar-refractivity contribution in [1.82, 2.24) is 0 Å². The summed E-state index contributed by atoms with van der Waals surface area (Å²) >= 11 is 0. The second-order valence-corrected chi connectivity index (χ2v) is 8.69. The average Bonchev–Trinajstić information content (AvgIpc) is 2.95. The number of carbonyl (C=O) groups is 1. The first-order valence-corrected chi connectivity index (χ1v) is 11.2. The van der Waals surface area contributed by atoms with Crippen molar-refractivity contribution in [3.63, 3.8) is 0 Å². The van der Waals surface area contributed by atoms with Crippen LogP contribution in [-0.4, -0.2) is 18.6 Å². The maximum Gasteiger partial charge on any atom is 0.264 e. The van der Waals surface area contributed by atoms with Crippen molar-refractivity contribution in [2.45, 2.75) is 38.0 Å². The molecule has 0 bridgehead atoms. The monoisotopic (exact) mass is 443 g/mol. The number of halogens is 1. The van der Waals surface area contributed by atoms with Crippen LogP contribution in [0.5, 0.6) is 5.75 Å². The van der Waals surface area contributed by atoms with Crippen LogP contribution in [0.25, 0.3) is 0 Å². The Labute approximate surface area is 193 Å². The van der Waals surface area contributed by atoms with Gasteiger partial charge in [-0.25, -0.2) is 4.39 Å². The Hall–Kier alpha value is -3.44. The molecule has 1 spiro atoms.